The Morgan fingerprint density at radius 1 is 1.32 bits per heavy atom. The zero-order chi connectivity index (χ0) is 15.0. The summed E-state index contributed by atoms with van der Waals surface area (Å²) in [7, 11) is 0. The third-order valence-corrected chi connectivity index (χ3v) is 3.35. The summed E-state index contributed by atoms with van der Waals surface area (Å²) in [5, 5.41) is 11.1. The van der Waals surface area contributed by atoms with Gasteiger partial charge in [0.05, 0.1) is 0 Å². The second-order valence-corrected chi connectivity index (χ2v) is 5.30. The van der Waals surface area contributed by atoms with Crippen LogP contribution in [0.2, 0.25) is 0 Å². The van der Waals surface area contributed by atoms with E-state index in [1.165, 1.54) is 6.92 Å². The molecule has 0 radical (unpaired) electrons. The Morgan fingerprint density at radius 2 is 1.89 bits per heavy atom. The van der Waals surface area contributed by atoms with E-state index in [0.717, 1.165) is 11.8 Å². The summed E-state index contributed by atoms with van der Waals surface area (Å²) < 4.78 is 0. The summed E-state index contributed by atoms with van der Waals surface area (Å²) in [6.45, 7) is 2.99. The van der Waals surface area contributed by atoms with Crippen molar-refractivity contribution in [3.63, 3.8) is 0 Å². The van der Waals surface area contributed by atoms with Crippen LogP contribution in [0.1, 0.15) is 26.7 Å². The van der Waals surface area contributed by atoms with Gasteiger partial charge in [-0.05, 0) is 6.42 Å². The number of carboxylic acid groups (broad SMARTS) is 1. The van der Waals surface area contributed by atoms with Gasteiger partial charge in [0.1, 0.15) is 6.04 Å². The number of carbonyl (C=O) groups excluding carboxylic acids is 3. The summed E-state index contributed by atoms with van der Waals surface area (Å²) >= 11 is 1.00. The van der Waals surface area contributed by atoms with Crippen LogP contribution in [-0.4, -0.2) is 39.8 Å². The first kappa shape index (κ1) is 17.4. The first-order valence-corrected chi connectivity index (χ1v) is 6.67. The van der Waals surface area contributed by atoms with Crippen LogP contribution in [0.4, 0.5) is 0 Å². The van der Waals surface area contributed by atoms with Crippen LogP contribution >= 0.6 is 11.8 Å². The molecule has 0 aliphatic rings. The van der Waals surface area contributed by atoms with Crippen molar-refractivity contribution in [2.45, 2.75) is 32.7 Å². The number of amides is 2. The number of aliphatic carboxylic acids is 1. The minimum Gasteiger partial charge on any atom is -0.480 e. The lowest BCUT2D eigenvalue weighted by Gasteiger charge is -2.16. The highest BCUT2D eigenvalue weighted by Crippen LogP contribution is 2.10. The van der Waals surface area contributed by atoms with Crippen LogP contribution in [0.3, 0.4) is 0 Å². The van der Waals surface area contributed by atoms with Gasteiger partial charge in [0.15, 0.2) is 5.12 Å². The lowest BCUT2D eigenvalue weighted by Crippen LogP contribution is -2.44. The van der Waals surface area contributed by atoms with Gasteiger partial charge in [-0.2, -0.15) is 0 Å². The van der Waals surface area contributed by atoms with Crippen molar-refractivity contribution in [2.75, 3.05) is 5.75 Å². The highest BCUT2D eigenvalue weighted by molar-refractivity contribution is 8.13. The van der Waals surface area contributed by atoms with E-state index >= 15 is 0 Å². The summed E-state index contributed by atoms with van der Waals surface area (Å²) in [4.78, 5) is 44.0. The van der Waals surface area contributed by atoms with Gasteiger partial charge in [0.2, 0.25) is 11.8 Å². The van der Waals surface area contributed by atoms with E-state index < -0.39 is 29.7 Å². The Morgan fingerprint density at radius 3 is 2.32 bits per heavy atom. The molecule has 0 bridgehead atoms. The number of nitrogens with one attached hydrogen (secondary N) is 1. The molecule has 0 saturated carbocycles. The van der Waals surface area contributed by atoms with E-state index in [1.54, 1.807) is 6.92 Å². The largest absolute Gasteiger partial charge is 0.480 e. The second kappa shape index (κ2) is 8.52. The average Bonchev–Trinajstić information content (AvgIpc) is 2.30. The molecule has 0 aliphatic carbocycles. The lowest BCUT2D eigenvalue weighted by atomic mass is 10.1. The standard InChI is InChI=1S/C11H18N2O5S/c1-6(5-19-7(2)14)10(16)13-8(11(17)18)3-4-9(12)15/h6,8H,3-5H2,1-2H3,(H2,12,15)(H,13,16)(H,17,18)/t6?,8-/m0/s1. The lowest BCUT2D eigenvalue weighted by molar-refractivity contribution is -0.142. The number of carboxylic acids is 1. The van der Waals surface area contributed by atoms with Crippen molar-refractivity contribution >= 4 is 34.7 Å². The molecule has 19 heavy (non-hydrogen) atoms. The van der Waals surface area contributed by atoms with Gasteiger partial charge in [-0.15, -0.1) is 0 Å². The Bertz CT molecular complexity index is 372. The van der Waals surface area contributed by atoms with Crippen molar-refractivity contribution < 1.29 is 24.3 Å². The van der Waals surface area contributed by atoms with Crippen molar-refractivity contribution in [1.29, 1.82) is 0 Å². The number of rotatable bonds is 8. The first-order valence-electron chi connectivity index (χ1n) is 5.69. The fraction of sp³-hybridized carbons (Fsp3) is 0.636. The molecule has 8 heteroatoms. The van der Waals surface area contributed by atoms with E-state index in [2.05, 4.69) is 5.32 Å². The number of hydrogen-bond donors (Lipinski definition) is 3. The van der Waals surface area contributed by atoms with E-state index in [4.69, 9.17) is 10.8 Å². The maximum absolute atomic E-state index is 11.7. The minimum absolute atomic E-state index is 0.0526. The molecule has 2 atom stereocenters. The number of hydrogen-bond acceptors (Lipinski definition) is 5. The Hall–Kier alpha value is -1.57. The van der Waals surface area contributed by atoms with Crippen molar-refractivity contribution in [3.8, 4) is 0 Å². The number of nitrogens with two attached hydrogens (primary N) is 1. The van der Waals surface area contributed by atoms with Crippen molar-refractivity contribution in [3.05, 3.63) is 0 Å². The zero-order valence-corrected chi connectivity index (χ0v) is 11.7. The molecule has 0 fully saturated rings. The molecule has 0 aromatic heterocycles. The number of primary amides is 1. The van der Waals surface area contributed by atoms with Crippen LogP contribution in [0.5, 0.6) is 0 Å². The summed E-state index contributed by atoms with van der Waals surface area (Å²) in [6, 6.07) is -1.15. The average molecular weight is 290 g/mol. The molecule has 0 aliphatic heterocycles. The molecular formula is C11H18N2O5S. The van der Waals surface area contributed by atoms with Gasteiger partial charge in [0, 0.05) is 25.0 Å². The van der Waals surface area contributed by atoms with Gasteiger partial charge < -0.3 is 16.2 Å². The van der Waals surface area contributed by atoms with Gasteiger partial charge in [-0.3, -0.25) is 14.4 Å². The summed E-state index contributed by atoms with van der Waals surface area (Å²) in [5.74, 6) is -2.53. The highest BCUT2D eigenvalue weighted by Gasteiger charge is 2.23. The molecule has 108 valence electrons. The van der Waals surface area contributed by atoms with E-state index in [9.17, 15) is 19.2 Å². The molecule has 7 nitrogen and oxygen atoms in total. The molecule has 0 spiro atoms. The Balaban J connectivity index is 4.33. The maximum Gasteiger partial charge on any atom is 0.326 e. The predicted octanol–water partition coefficient (Wildman–Crippen LogP) is -0.263. The molecule has 0 aromatic carbocycles. The smallest absolute Gasteiger partial charge is 0.326 e. The summed E-state index contributed by atoms with van der Waals surface area (Å²) in [5.41, 5.74) is 4.93. The molecule has 1 unspecified atom stereocenters. The highest BCUT2D eigenvalue weighted by atomic mass is 32.2. The van der Waals surface area contributed by atoms with Crippen molar-refractivity contribution in [1.82, 2.24) is 5.32 Å². The number of carbonyl (C=O) groups is 4. The molecule has 4 N–H and O–H groups in total. The molecule has 0 saturated heterocycles. The van der Waals surface area contributed by atoms with Gasteiger partial charge in [-0.25, -0.2) is 4.79 Å². The second-order valence-electron chi connectivity index (χ2n) is 4.11. The number of thioether (sulfide) groups is 1. The molecule has 0 heterocycles. The maximum atomic E-state index is 11.7. The van der Waals surface area contributed by atoms with Gasteiger partial charge in [-0.1, -0.05) is 18.7 Å². The molecular weight excluding hydrogens is 272 g/mol. The van der Waals surface area contributed by atoms with Crippen LogP contribution in [0.15, 0.2) is 0 Å². The molecule has 2 amide bonds. The fourth-order valence-corrected chi connectivity index (χ4v) is 1.81. The minimum atomic E-state index is -1.22. The van der Waals surface area contributed by atoms with E-state index in [0.29, 0.717) is 0 Å². The quantitative estimate of drug-likeness (QED) is 0.565. The monoisotopic (exact) mass is 290 g/mol. The zero-order valence-electron chi connectivity index (χ0n) is 10.8. The third-order valence-electron chi connectivity index (χ3n) is 2.28. The van der Waals surface area contributed by atoms with Crippen LogP contribution in [0.25, 0.3) is 0 Å². The third kappa shape index (κ3) is 8.20. The fourth-order valence-electron chi connectivity index (χ4n) is 1.18. The topological polar surface area (TPSA) is 127 Å². The van der Waals surface area contributed by atoms with E-state index in [-0.39, 0.29) is 23.7 Å². The van der Waals surface area contributed by atoms with Gasteiger partial charge in [0.25, 0.3) is 0 Å². The Labute approximate surface area is 115 Å². The first-order chi connectivity index (χ1) is 8.73. The SMILES string of the molecule is CC(=O)SCC(C)C(=O)N[C@@H](CCC(N)=O)C(=O)O. The normalized spacial score (nSPS) is 13.4. The molecule has 0 aromatic rings. The predicted molar refractivity (Wildman–Crippen MR) is 70.3 cm³/mol. The Kier molecular flexibility index (Phi) is 7.81. The molecule has 0 rings (SSSR count). The van der Waals surface area contributed by atoms with Gasteiger partial charge >= 0.3 is 5.97 Å². The van der Waals surface area contributed by atoms with Crippen LogP contribution < -0.4 is 11.1 Å². The summed E-state index contributed by atoms with van der Waals surface area (Å²) in [6.07, 6.45) is -0.170. The van der Waals surface area contributed by atoms with Crippen LogP contribution in [-0.2, 0) is 19.2 Å². The van der Waals surface area contributed by atoms with E-state index in [1.807, 2.05) is 0 Å². The van der Waals surface area contributed by atoms with Crippen LogP contribution in [0, 0.1) is 5.92 Å². The van der Waals surface area contributed by atoms with Crippen molar-refractivity contribution in [2.24, 2.45) is 11.7 Å².